The molecule has 5 rings (SSSR count). The van der Waals surface area contributed by atoms with Crippen molar-refractivity contribution in [3.63, 3.8) is 0 Å². The second-order valence-electron chi connectivity index (χ2n) is 7.59. The molecule has 6 heteroatoms. The van der Waals surface area contributed by atoms with Crippen LogP contribution in [0.25, 0.3) is 11.1 Å². The minimum Gasteiger partial charge on any atom is -0.448 e. The molecule has 1 atom stereocenters. The SMILES string of the molecule is O=C(OCC1c2ccccc2-c2ccccc21)N1CCNCC1c1ncccc1F. The maximum atomic E-state index is 14.3. The normalized spacial score (nSPS) is 18.0. The molecule has 0 bridgehead atoms. The quantitative estimate of drug-likeness (QED) is 0.715. The fourth-order valence-corrected chi connectivity index (χ4v) is 4.49. The van der Waals surface area contributed by atoms with Gasteiger partial charge in [0.05, 0.1) is 11.7 Å². The summed E-state index contributed by atoms with van der Waals surface area (Å²) in [6.45, 7) is 1.76. The number of aromatic nitrogens is 1. The van der Waals surface area contributed by atoms with E-state index in [0.29, 0.717) is 19.6 Å². The van der Waals surface area contributed by atoms with Crippen molar-refractivity contribution in [3.8, 4) is 11.1 Å². The van der Waals surface area contributed by atoms with Gasteiger partial charge in [0, 0.05) is 31.7 Å². The Bertz CT molecular complexity index is 1040. The third-order valence-electron chi connectivity index (χ3n) is 5.92. The molecule has 2 heterocycles. The Kier molecular flexibility index (Phi) is 4.93. The molecular weight excluding hydrogens is 381 g/mol. The third kappa shape index (κ3) is 3.23. The molecule has 1 fully saturated rings. The maximum Gasteiger partial charge on any atom is 0.410 e. The van der Waals surface area contributed by atoms with Gasteiger partial charge in [0.2, 0.25) is 0 Å². The number of hydrogen-bond donors (Lipinski definition) is 1. The second kappa shape index (κ2) is 7.88. The van der Waals surface area contributed by atoms with Gasteiger partial charge in [-0.1, -0.05) is 48.5 Å². The van der Waals surface area contributed by atoms with E-state index in [0.717, 1.165) is 0 Å². The first-order valence-electron chi connectivity index (χ1n) is 10.2. The minimum absolute atomic E-state index is 0.00528. The molecule has 1 saturated heterocycles. The lowest BCUT2D eigenvalue weighted by molar-refractivity contribution is 0.0735. The molecule has 0 saturated carbocycles. The Balaban J connectivity index is 1.36. The number of hydrogen-bond acceptors (Lipinski definition) is 4. The van der Waals surface area contributed by atoms with Crippen LogP contribution in [0.2, 0.25) is 0 Å². The number of amides is 1. The summed E-state index contributed by atoms with van der Waals surface area (Å²) in [6.07, 6.45) is 1.11. The molecule has 3 aromatic rings. The lowest BCUT2D eigenvalue weighted by Gasteiger charge is -2.35. The van der Waals surface area contributed by atoms with Crippen LogP contribution in [0.4, 0.5) is 9.18 Å². The third-order valence-corrected chi connectivity index (χ3v) is 5.92. The van der Waals surface area contributed by atoms with Crippen molar-refractivity contribution < 1.29 is 13.9 Å². The molecule has 2 aromatic carbocycles. The van der Waals surface area contributed by atoms with Gasteiger partial charge in [-0.05, 0) is 34.4 Å². The highest BCUT2D eigenvalue weighted by Crippen LogP contribution is 2.44. The molecule has 152 valence electrons. The number of fused-ring (bicyclic) bond motifs is 3. The summed E-state index contributed by atoms with van der Waals surface area (Å²) in [6, 6.07) is 18.9. The number of halogens is 1. The van der Waals surface area contributed by atoms with Crippen molar-refractivity contribution in [2.45, 2.75) is 12.0 Å². The van der Waals surface area contributed by atoms with E-state index in [1.807, 2.05) is 24.3 Å². The average molecular weight is 403 g/mol. The molecular formula is C24H22FN3O2. The van der Waals surface area contributed by atoms with Crippen LogP contribution in [-0.2, 0) is 4.74 Å². The van der Waals surface area contributed by atoms with Crippen molar-refractivity contribution >= 4 is 6.09 Å². The number of pyridine rings is 1. The second-order valence-corrected chi connectivity index (χ2v) is 7.59. The number of carbonyl (C=O) groups excluding carboxylic acids is 1. The number of benzene rings is 2. The molecule has 1 N–H and O–H groups in total. The largest absolute Gasteiger partial charge is 0.448 e. The van der Waals surface area contributed by atoms with Gasteiger partial charge in [-0.15, -0.1) is 0 Å². The summed E-state index contributed by atoms with van der Waals surface area (Å²) in [4.78, 5) is 18.7. The van der Waals surface area contributed by atoms with Gasteiger partial charge in [-0.2, -0.15) is 0 Å². The highest BCUT2D eigenvalue weighted by molar-refractivity contribution is 5.79. The number of nitrogens with zero attached hydrogens (tertiary/aromatic N) is 2. The maximum absolute atomic E-state index is 14.3. The summed E-state index contributed by atoms with van der Waals surface area (Å²) < 4.78 is 20.1. The minimum atomic E-state index is -0.490. The van der Waals surface area contributed by atoms with Crippen LogP contribution in [0.15, 0.2) is 66.9 Å². The van der Waals surface area contributed by atoms with Crippen LogP contribution in [0.1, 0.15) is 28.8 Å². The van der Waals surface area contributed by atoms with E-state index in [1.165, 1.54) is 28.3 Å². The summed E-state index contributed by atoms with van der Waals surface area (Å²) >= 11 is 0. The van der Waals surface area contributed by atoms with Crippen LogP contribution in [0.5, 0.6) is 0 Å². The summed E-state index contributed by atoms with van der Waals surface area (Å²) in [7, 11) is 0. The van der Waals surface area contributed by atoms with Crippen LogP contribution in [0, 0.1) is 5.82 Å². The highest BCUT2D eigenvalue weighted by atomic mass is 19.1. The van der Waals surface area contributed by atoms with Crippen molar-refractivity contribution in [2.75, 3.05) is 26.2 Å². The zero-order chi connectivity index (χ0) is 20.5. The van der Waals surface area contributed by atoms with E-state index in [1.54, 1.807) is 17.2 Å². The molecule has 1 aliphatic carbocycles. The standard InChI is InChI=1S/C24H22FN3O2/c25-21-10-5-11-27-23(21)22-14-26-12-13-28(22)24(29)30-15-20-18-8-3-1-6-16(18)17-7-2-4-9-19(17)20/h1-11,20,22,26H,12-15H2. The Hall–Kier alpha value is -3.25. The number of ether oxygens (including phenoxy) is 1. The number of rotatable bonds is 3. The van der Waals surface area contributed by atoms with Gasteiger partial charge >= 0.3 is 6.09 Å². The topological polar surface area (TPSA) is 54.5 Å². The molecule has 0 radical (unpaired) electrons. The summed E-state index contributed by atoms with van der Waals surface area (Å²) in [5, 5.41) is 3.21. The van der Waals surface area contributed by atoms with E-state index < -0.39 is 18.0 Å². The molecule has 1 amide bonds. The van der Waals surface area contributed by atoms with E-state index in [-0.39, 0.29) is 18.2 Å². The Morgan fingerprint density at radius 2 is 1.77 bits per heavy atom. The molecule has 0 spiro atoms. The summed E-state index contributed by atoms with van der Waals surface area (Å²) in [5.74, 6) is -0.419. The zero-order valence-corrected chi connectivity index (χ0v) is 16.4. The molecule has 1 unspecified atom stereocenters. The van der Waals surface area contributed by atoms with E-state index in [4.69, 9.17) is 4.74 Å². The molecule has 1 aromatic heterocycles. The first-order chi connectivity index (χ1) is 14.7. The van der Waals surface area contributed by atoms with Crippen LogP contribution >= 0.6 is 0 Å². The first kappa shape index (κ1) is 18.8. The highest BCUT2D eigenvalue weighted by Gasteiger charge is 2.34. The van der Waals surface area contributed by atoms with E-state index >= 15 is 0 Å². The average Bonchev–Trinajstić information content (AvgIpc) is 3.12. The van der Waals surface area contributed by atoms with Crippen molar-refractivity contribution in [2.24, 2.45) is 0 Å². The van der Waals surface area contributed by atoms with Crippen molar-refractivity contribution in [1.29, 1.82) is 0 Å². The molecule has 2 aliphatic rings. The molecule has 30 heavy (non-hydrogen) atoms. The smallest absolute Gasteiger partial charge is 0.410 e. The number of piperazine rings is 1. The lowest BCUT2D eigenvalue weighted by Crippen LogP contribution is -2.49. The number of nitrogens with one attached hydrogen (secondary N) is 1. The van der Waals surface area contributed by atoms with Crippen LogP contribution in [-0.4, -0.2) is 42.2 Å². The first-order valence-corrected chi connectivity index (χ1v) is 10.2. The Morgan fingerprint density at radius 1 is 1.07 bits per heavy atom. The summed E-state index contributed by atoms with van der Waals surface area (Å²) in [5.41, 5.74) is 4.96. The predicted molar refractivity (Wildman–Crippen MR) is 112 cm³/mol. The Morgan fingerprint density at radius 3 is 2.47 bits per heavy atom. The molecule has 5 nitrogen and oxygen atoms in total. The fraction of sp³-hybridized carbons (Fsp3) is 0.250. The van der Waals surface area contributed by atoms with Crippen LogP contribution in [0.3, 0.4) is 0 Å². The van der Waals surface area contributed by atoms with Gasteiger partial charge in [0.25, 0.3) is 0 Å². The van der Waals surface area contributed by atoms with Gasteiger partial charge in [0.15, 0.2) is 0 Å². The van der Waals surface area contributed by atoms with Gasteiger partial charge in [0.1, 0.15) is 12.4 Å². The fourth-order valence-electron chi connectivity index (χ4n) is 4.49. The van der Waals surface area contributed by atoms with Gasteiger partial charge in [-0.25, -0.2) is 9.18 Å². The van der Waals surface area contributed by atoms with Crippen molar-refractivity contribution in [3.05, 3.63) is 89.5 Å². The Labute approximate surface area is 174 Å². The van der Waals surface area contributed by atoms with Crippen molar-refractivity contribution in [1.82, 2.24) is 15.2 Å². The zero-order valence-electron chi connectivity index (χ0n) is 16.4. The van der Waals surface area contributed by atoms with Gasteiger partial charge < -0.3 is 10.1 Å². The number of carbonyl (C=O) groups is 1. The van der Waals surface area contributed by atoms with Gasteiger partial charge in [-0.3, -0.25) is 9.88 Å². The van der Waals surface area contributed by atoms with E-state index in [9.17, 15) is 9.18 Å². The molecule has 1 aliphatic heterocycles. The van der Waals surface area contributed by atoms with Crippen LogP contribution < -0.4 is 5.32 Å². The van der Waals surface area contributed by atoms with E-state index in [2.05, 4.69) is 34.6 Å². The monoisotopic (exact) mass is 403 g/mol. The lowest BCUT2D eigenvalue weighted by atomic mass is 9.98. The predicted octanol–water partition coefficient (Wildman–Crippen LogP) is 4.12.